The Kier molecular flexibility index (Phi) is 7.27. The van der Waals surface area contributed by atoms with Gasteiger partial charge in [0, 0.05) is 18.0 Å². The summed E-state index contributed by atoms with van der Waals surface area (Å²) < 4.78 is 38.9. The maximum absolute atomic E-state index is 13.8. The molecule has 2 aliphatic rings. The SMILES string of the molecule is COc1ccc2oc(C(=O)NC(CC(C)C)C(=O)N3CCC4C3C(=O)CN4S(=O)(=O)c3ccc[n+]([O-])c3)cc2c1. The second-order valence-corrected chi connectivity index (χ2v) is 12.3. The fourth-order valence-electron chi connectivity index (χ4n) is 5.45. The lowest BCUT2D eigenvalue weighted by atomic mass is 10.0. The summed E-state index contributed by atoms with van der Waals surface area (Å²) in [7, 11) is -2.61. The van der Waals surface area contributed by atoms with Gasteiger partial charge in [0.25, 0.3) is 5.91 Å². The third kappa shape index (κ3) is 5.02. The Morgan fingerprint density at radius 1 is 1.25 bits per heavy atom. The number of aromatic nitrogens is 1. The highest BCUT2D eigenvalue weighted by Crippen LogP contribution is 2.34. The summed E-state index contributed by atoms with van der Waals surface area (Å²) in [4.78, 5) is 41.1. The van der Waals surface area contributed by atoms with E-state index in [0.717, 1.165) is 16.7 Å². The van der Waals surface area contributed by atoms with Crippen LogP contribution in [0.25, 0.3) is 11.0 Å². The highest BCUT2D eigenvalue weighted by Gasteiger charge is 2.54. The number of carbonyl (C=O) groups excluding carboxylic acids is 3. The molecule has 40 heavy (non-hydrogen) atoms. The Bertz CT molecular complexity index is 1580. The maximum Gasteiger partial charge on any atom is 0.287 e. The minimum absolute atomic E-state index is 0.0248. The summed E-state index contributed by atoms with van der Waals surface area (Å²) in [6.07, 6.45) is 2.65. The molecule has 3 aromatic rings. The van der Waals surface area contributed by atoms with Crippen molar-refractivity contribution < 1.29 is 36.7 Å². The van der Waals surface area contributed by atoms with Gasteiger partial charge in [0.05, 0.1) is 19.7 Å². The van der Waals surface area contributed by atoms with Gasteiger partial charge in [-0.3, -0.25) is 14.4 Å². The lowest BCUT2D eigenvalue weighted by Crippen LogP contribution is -2.53. The van der Waals surface area contributed by atoms with Crippen LogP contribution >= 0.6 is 0 Å². The fourth-order valence-corrected chi connectivity index (χ4v) is 7.08. The van der Waals surface area contributed by atoms with Crippen LogP contribution in [-0.2, 0) is 19.6 Å². The monoisotopic (exact) mass is 570 g/mol. The van der Waals surface area contributed by atoms with E-state index in [0.29, 0.717) is 27.9 Å². The number of pyridine rings is 1. The molecule has 2 saturated heterocycles. The normalized spacial score (nSPS) is 20.2. The first-order chi connectivity index (χ1) is 19.0. The molecule has 0 aliphatic carbocycles. The zero-order valence-electron chi connectivity index (χ0n) is 22.3. The molecule has 0 bridgehead atoms. The molecule has 0 radical (unpaired) electrons. The van der Waals surface area contributed by atoms with Crippen molar-refractivity contribution in [2.24, 2.45) is 5.92 Å². The molecule has 4 heterocycles. The molecule has 1 N–H and O–H groups in total. The van der Waals surface area contributed by atoms with Gasteiger partial charge in [-0.15, -0.1) is 0 Å². The first-order valence-electron chi connectivity index (χ1n) is 12.9. The number of fused-ring (bicyclic) bond motifs is 2. The van der Waals surface area contributed by atoms with Gasteiger partial charge < -0.3 is 24.6 Å². The van der Waals surface area contributed by atoms with Gasteiger partial charge >= 0.3 is 0 Å². The summed E-state index contributed by atoms with van der Waals surface area (Å²) in [5.74, 6) is -0.795. The number of Topliss-reactive ketones (excluding diaryl/α,β-unsaturated/α-hetero) is 1. The maximum atomic E-state index is 13.8. The van der Waals surface area contributed by atoms with Crippen molar-refractivity contribution in [1.29, 1.82) is 0 Å². The molecule has 0 saturated carbocycles. The second kappa shape index (κ2) is 10.5. The number of rotatable bonds is 8. The topological polar surface area (TPSA) is 153 Å². The summed E-state index contributed by atoms with van der Waals surface area (Å²) >= 11 is 0. The Labute approximate surface area is 231 Å². The molecule has 5 rings (SSSR count). The Hall–Kier alpha value is -3.97. The minimum Gasteiger partial charge on any atom is -0.619 e. The number of ether oxygens (including phenoxy) is 1. The van der Waals surface area contributed by atoms with E-state index in [-0.39, 0.29) is 29.5 Å². The predicted molar refractivity (Wildman–Crippen MR) is 142 cm³/mol. The van der Waals surface area contributed by atoms with Crippen LogP contribution in [0.1, 0.15) is 37.2 Å². The molecular weight excluding hydrogens is 540 g/mol. The molecule has 212 valence electrons. The van der Waals surface area contributed by atoms with E-state index in [4.69, 9.17) is 9.15 Å². The van der Waals surface area contributed by atoms with Gasteiger partial charge in [-0.2, -0.15) is 9.04 Å². The second-order valence-electron chi connectivity index (χ2n) is 10.4. The number of nitrogens with one attached hydrogen (secondary N) is 1. The van der Waals surface area contributed by atoms with E-state index in [9.17, 15) is 28.0 Å². The van der Waals surface area contributed by atoms with Crippen LogP contribution in [-0.4, -0.2) is 73.5 Å². The predicted octanol–water partition coefficient (Wildman–Crippen LogP) is 1.46. The number of carbonyl (C=O) groups is 3. The number of hydrogen-bond donors (Lipinski definition) is 1. The van der Waals surface area contributed by atoms with Gasteiger partial charge in [-0.05, 0) is 49.1 Å². The van der Waals surface area contributed by atoms with E-state index >= 15 is 0 Å². The number of benzene rings is 1. The Balaban J connectivity index is 1.36. The molecule has 2 amide bonds. The first kappa shape index (κ1) is 27.6. The van der Waals surface area contributed by atoms with E-state index in [2.05, 4.69) is 5.32 Å². The summed E-state index contributed by atoms with van der Waals surface area (Å²) in [5.41, 5.74) is 0.485. The quantitative estimate of drug-likeness (QED) is 0.316. The van der Waals surface area contributed by atoms with Gasteiger partial charge in [0.1, 0.15) is 28.3 Å². The minimum atomic E-state index is -4.15. The van der Waals surface area contributed by atoms with Crippen LogP contribution in [0.4, 0.5) is 0 Å². The molecule has 12 nitrogen and oxygen atoms in total. The fraction of sp³-hybridized carbons (Fsp3) is 0.407. The molecule has 3 unspecified atom stereocenters. The molecule has 2 aromatic heterocycles. The molecule has 2 fully saturated rings. The third-order valence-corrected chi connectivity index (χ3v) is 9.13. The highest BCUT2D eigenvalue weighted by molar-refractivity contribution is 7.89. The van der Waals surface area contributed by atoms with Crippen molar-refractivity contribution in [3.05, 3.63) is 59.8 Å². The van der Waals surface area contributed by atoms with Crippen molar-refractivity contribution in [1.82, 2.24) is 14.5 Å². The van der Waals surface area contributed by atoms with Crippen LogP contribution in [0.5, 0.6) is 5.75 Å². The van der Waals surface area contributed by atoms with Crippen LogP contribution in [0.2, 0.25) is 0 Å². The van der Waals surface area contributed by atoms with Crippen molar-refractivity contribution >= 4 is 38.6 Å². The van der Waals surface area contributed by atoms with Crippen molar-refractivity contribution in [2.45, 2.75) is 49.7 Å². The number of sulfonamides is 1. The largest absolute Gasteiger partial charge is 0.619 e. The van der Waals surface area contributed by atoms with Crippen LogP contribution in [0.3, 0.4) is 0 Å². The molecule has 0 spiro atoms. The summed E-state index contributed by atoms with van der Waals surface area (Å²) in [6.45, 7) is 3.56. The third-order valence-electron chi connectivity index (χ3n) is 7.27. The van der Waals surface area contributed by atoms with Crippen molar-refractivity contribution in [3.63, 3.8) is 0 Å². The standard InChI is InChI=1S/C27H30N4O8S/c1-16(2)11-20(28-26(33)24-13-17-12-18(38-3)6-7-23(17)39-24)27(34)30-10-8-21-25(30)22(32)15-31(21)40(36,37)19-5-4-9-29(35)14-19/h4-7,9,12-14,16,20-21,25H,8,10-11,15H2,1-3H3,(H,28,33). The van der Waals surface area contributed by atoms with Gasteiger partial charge in [-0.25, -0.2) is 8.42 Å². The number of nitrogens with zero attached hydrogens (tertiary/aromatic N) is 3. The van der Waals surface area contributed by atoms with Gasteiger partial charge in [0.2, 0.25) is 15.9 Å². The van der Waals surface area contributed by atoms with Crippen LogP contribution < -0.4 is 14.8 Å². The number of methoxy groups -OCH3 is 1. The first-order valence-corrected chi connectivity index (χ1v) is 14.4. The van der Waals surface area contributed by atoms with Gasteiger partial charge in [0.15, 0.2) is 23.9 Å². The lowest BCUT2D eigenvalue weighted by molar-refractivity contribution is -0.607. The van der Waals surface area contributed by atoms with E-state index in [1.165, 1.54) is 24.1 Å². The summed E-state index contributed by atoms with van der Waals surface area (Å²) in [5, 5.41) is 15.1. The molecule has 1 aromatic carbocycles. The highest BCUT2D eigenvalue weighted by atomic mass is 32.2. The number of amides is 2. The molecule has 13 heteroatoms. The molecular formula is C27H30N4O8S. The Morgan fingerprint density at radius 3 is 2.73 bits per heavy atom. The zero-order valence-corrected chi connectivity index (χ0v) is 23.1. The van der Waals surface area contributed by atoms with E-state index < -0.39 is 52.3 Å². The average molecular weight is 571 g/mol. The lowest BCUT2D eigenvalue weighted by Gasteiger charge is -2.29. The van der Waals surface area contributed by atoms with Crippen molar-refractivity contribution in [3.8, 4) is 5.75 Å². The molecule has 3 atom stereocenters. The Morgan fingerprint density at radius 2 is 2.02 bits per heavy atom. The number of hydrogen-bond acceptors (Lipinski definition) is 8. The van der Waals surface area contributed by atoms with Crippen LogP contribution in [0.15, 0.2) is 58.1 Å². The van der Waals surface area contributed by atoms with E-state index in [1.54, 1.807) is 24.3 Å². The zero-order chi connectivity index (χ0) is 28.8. The van der Waals surface area contributed by atoms with Gasteiger partial charge in [-0.1, -0.05) is 13.8 Å². The van der Waals surface area contributed by atoms with Crippen LogP contribution in [0, 0.1) is 11.1 Å². The number of ketones is 1. The van der Waals surface area contributed by atoms with E-state index in [1.807, 2.05) is 13.8 Å². The summed E-state index contributed by atoms with van der Waals surface area (Å²) in [6, 6.07) is 6.60. The number of furan rings is 1. The average Bonchev–Trinajstić information content (AvgIpc) is 3.62. The molecule has 2 aliphatic heterocycles. The van der Waals surface area contributed by atoms with Crippen molar-refractivity contribution in [2.75, 3.05) is 20.2 Å². The number of likely N-dealkylation sites (tertiary alicyclic amines) is 1. The smallest absolute Gasteiger partial charge is 0.287 e.